The summed E-state index contributed by atoms with van der Waals surface area (Å²) in [5.74, 6) is 0. The summed E-state index contributed by atoms with van der Waals surface area (Å²) in [5.41, 5.74) is 2.25. The van der Waals surface area contributed by atoms with Gasteiger partial charge in [-0.15, -0.1) is 11.3 Å². The average molecular weight is 267 g/mol. The number of hydrogen-bond donors (Lipinski definition) is 0. The topological polar surface area (TPSA) is 34.6 Å². The number of methoxy groups -OCH3 is 1. The van der Waals surface area contributed by atoms with Crippen molar-refractivity contribution >= 4 is 17.4 Å². The monoisotopic (exact) mass is 267 g/mol. The normalized spacial score (nSPS) is 24.1. The van der Waals surface area contributed by atoms with Crippen LogP contribution in [0.1, 0.15) is 37.9 Å². The van der Waals surface area contributed by atoms with Gasteiger partial charge >= 0.3 is 0 Å². The molecule has 18 heavy (non-hydrogen) atoms. The van der Waals surface area contributed by atoms with Crippen LogP contribution in [0.25, 0.3) is 6.08 Å². The van der Waals surface area contributed by atoms with Crippen molar-refractivity contribution in [3.8, 4) is 0 Å². The van der Waals surface area contributed by atoms with Gasteiger partial charge in [0.2, 0.25) is 0 Å². The van der Waals surface area contributed by atoms with Crippen molar-refractivity contribution < 1.29 is 9.47 Å². The van der Waals surface area contributed by atoms with E-state index in [9.17, 15) is 0 Å². The molecule has 0 bridgehead atoms. The highest BCUT2D eigenvalue weighted by Gasteiger charge is 2.48. The third-order valence-electron chi connectivity index (χ3n) is 3.40. The summed E-state index contributed by atoms with van der Waals surface area (Å²) < 4.78 is 11.2. The van der Waals surface area contributed by atoms with Gasteiger partial charge in [-0.25, -0.2) is 4.98 Å². The third-order valence-corrected chi connectivity index (χ3v) is 4.19. The van der Waals surface area contributed by atoms with Crippen LogP contribution in [-0.2, 0) is 9.47 Å². The number of ether oxygens (including phenoxy) is 2. The van der Waals surface area contributed by atoms with Crippen LogP contribution < -0.4 is 0 Å². The minimum Gasteiger partial charge on any atom is -0.377 e. The second kappa shape index (κ2) is 5.11. The molecule has 1 fully saturated rings. The molecule has 0 unspecified atom stereocenters. The molecule has 2 atom stereocenters. The zero-order valence-corrected chi connectivity index (χ0v) is 12.5. The molecule has 100 valence electrons. The van der Waals surface area contributed by atoms with Gasteiger partial charge in [0, 0.05) is 18.9 Å². The van der Waals surface area contributed by atoms with Gasteiger partial charge in [0.15, 0.2) is 0 Å². The first-order chi connectivity index (χ1) is 8.42. The Labute approximate surface area is 113 Å². The van der Waals surface area contributed by atoms with Crippen LogP contribution in [0, 0.1) is 6.92 Å². The molecule has 1 aliphatic rings. The molecular formula is C14H21NO2S. The van der Waals surface area contributed by atoms with Crippen LogP contribution in [0.2, 0.25) is 0 Å². The zero-order chi connectivity index (χ0) is 13.3. The number of epoxide rings is 1. The Morgan fingerprint density at radius 3 is 2.78 bits per heavy atom. The number of thiazole rings is 1. The standard InChI is InChI=1S/C14H21NO2S/c1-9(6-11-8-18-10(2)15-11)12(16-5)7-13-14(3,4)17-13/h6,8,12-13H,7H2,1-5H3/b9-6+/t12-,13-/m0/s1. The molecule has 1 saturated heterocycles. The summed E-state index contributed by atoms with van der Waals surface area (Å²) in [4.78, 5) is 4.45. The summed E-state index contributed by atoms with van der Waals surface area (Å²) in [6.07, 6.45) is 3.43. The second-order valence-electron chi connectivity index (χ2n) is 5.35. The van der Waals surface area contributed by atoms with E-state index >= 15 is 0 Å². The van der Waals surface area contributed by atoms with E-state index in [0.717, 1.165) is 17.1 Å². The Morgan fingerprint density at radius 2 is 2.33 bits per heavy atom. The smallest absolute Gasteiger partial charge is 0.0901 e. The van der Waals surface area contributed by atoms with Crippen LogP contribution in [-0.4, -0.2) is 29.9 Å². The SMILES string of the molecule is CO[C@@H](C[C@@H]1OC1(C)C)/C(C)=C/c1csc(C)n1. The number of rotatable bonds is 5. The fourth-order valence-corrected chi connectivity index (χ4v) is 2.67. The third kappa shape index (κ3) is 3.19. The average Bonchev–Trinajstić information content (AvgIpc) is 2.68. The van der Waals surface area contributed by atoms with Crippen LogP contribution >= 0.6 is 11.3 Å². The fourth-order valence-electron chi connectivity index (χ4n) is 2.10. The van der Waals surface area contributed by atoms with Gasteiger partial charge in [0.1, 0.15) is 0 Å². The van der Waals surface area contributed by atoms with E-state index in [2.05, 4.69) is 37.2 Å². The number of hydrogen-bond acceptors (Lipinski definition) is 4. The molecule has 0 N–H and O–H groups in total. The molecule has 0 spiro atoms. The Bertz CT molecular complexity index is 450. The van der Waals surface area contributed by atoms with Crippen molar-refractivity contribution in [2.24, 2.45) is 0 Å². The van der Waals surface area contributed by atoms with Gasteiger partial charge in [0.05, 0.1) is 28.5 Å². The highest BCUT2D eigenvalue weighted by atomic mass is 32.1. The van der Waals surface area contributed by atoms with E-state index < -0.39 is 0 Å². The molecule has 0 radical (unpaired) electrons. The van der Waals surface area contributed by atoms with E-state index in [1.807, 2.05) is 6.92 Å². The second-order valence-corrected chi connectivity index (χ2v) is 6.41. The first kappa shape index (κ1) is 13.7. The van der Waals surface area contributed by atoms with Gasteiger partial charge in [-0.1, -0.05) is 0 Å². The maximum absolute atomic E-state index is 5.62. The predicted octanol–water partition coefficient (Wildman–Crippen LogP) is 3.44. The van der Waals surface area contributed by atoms with Crippen molar-refractivity contribution in [3.05, 3.63) is 21.7 Å². The van der Waals surface area contributed by atoms with E-state index in [-0.39, 0.29) is 11.7 Å². The van der Waals surface area contributed by atoms with Crippen molar-refractivity contribution in [1.82, 2.24) is 4.98 Å². The van der Waals surface area contributed by atoms with Gasteiger partial charge in [-0.05, 0) is 39.3 Å². The zero-order valence-electron chi connectivity index (χ0n) is 11.7. The molecule has 2 heterocycles. The Hall–Kier alpha value is -0.710. The molecule has 0 aliphatic carbocycles. The van der Waals surface area contributed by atoms with Crippen molar-refractivity contribution in [3.63, 3.8) is 0 Å². The van der Waals surface area contributed by atoms with Crippen molar-refractivity contribution in [1.29, 1.82) is 0 Å². The maximum Gasteiger partial charge on any atom is 0.0901 e. The minimum atomic E-state index is 0.0221. The predicted molar refractivity (Wildman–Crippen MR) is 74.9 cm³/mol. The van der Waals surface area contributed by atoms with Crippen LogP contribution in [0.3, 0.4) is 0 Å². The Morgan fingerprint density at radius 1 is 1.67 bits per heavy atom. The minimum absolute atomic E-state index is 0.0221. The Kier molecular flexibility index (Phi) is 3.90. The lowest BCUT2D eigenvalue weighted by molar-refractivity contribution is 0.116. The molecule has 1 aromatic rings. The molecule has 0 saturated carbocycles. The van der Waals surface area contributed by atoms with Gasteiger partial charge in [-0.3, -0.25) is 0 Å². The van der Waals surface area contributed by atoms with Gasteiger partial charge < -0.3 is 9.47 Å². The number of nitrogens with zero attached hydrogens (tertiary/aromatic N) is 1. The number of aryl methyl sites for hydroxylation is 1. The van der Waals surface area contributed by atoms with E-state index in [0.29, 0.717) is 6.10 Å². The van der Waals surface area contributed by atoms with E-state index in [1.54, 1.807) is 18.4 Å². The molecular weight excluding hydrogens is 246 g/mol. The van der Waals surface area contributed by atoms with E-state index in [4.69, 9.17) is 9.47 Å². The Balaban J connectivity index is 2.01. The van der Waals surface area contributed by atoms with E-state index in [1.165, 1.54) is 5.57 Å². The van der Waals surface area contributed by atoms with Gasteiger partial charge in [0.25, 0.3) is 0 Å². The lowest BCUT2D eigenvalue weighted by Gasteiger charge is -2.15. The highest BCUT2D eigenvalue weighted by molar-refractivity contribution is 7.09. The quantitative estimate of drug-likeness (QED) is 0.766. The lowest BCUT2D eigenvalue weighted by Crippen LogP contribution is -2.17. The molecule has 0 aromatic carbocycles. The first-order valence-corrected chi connectivity index (χ1v) is 7.11. The first-order valence-electron chi connectivity index (χ1n) is 6.23. The highest BCUT2D eigenvalue weighted by Crippen LogP contribution is 2.39. The lowest BCUT2D eigenvalue weighted by atomic mass is 10.00. The maximum atomic E-state index is 5.62. The summed E-state index contributed by atoms with van der Waals surface area (Å²) >= 11 is 1.67. The summed E-state index contributed by atoms with van der Waals surface area (Å²) in [7, 11) is 1.75. The summed E-state index contributed by atoms with van der Waals surface area (Å²) in [6, 6.07) is 0. The molecule has 1 aromatic heterocycles. The van der Waals surface area contributed by atoms with Crippen LogP contribution in [0.4, 0.5) is 0 Å². The van der Waals surface area contributed by atoms with Crippen LogP contribution in [0.15, 0.2) is 11.0 Å². The number of aromatic nitrogens is 1. The molecule has 1 aliphatic heterocycles. The summed E-state index contributed by atoms with van der Waals surface area (Å²) in [5, 5.41) is 3.16. The van der Waals surface area contributed by atoms with Crippen molar-refractivity contribution in [2.75, 3.05) is 7.11 Å². The van der Waals surface area contributed by atoms with Gasteiger partial charge in [-0.2, -0.15) is 0 Å². The fraction of sp³-hybridized carbons (Fsp3) is 0.643. The molecule has 4 heteroatoms. The summed E-state index contributed by atoms with van der Waals surface area (Å²) in [6.45, 7) is 8.35. The van der Waals surface area contributed by atoms with Crippen molar-refractivity contribution in [2.45, 2.75) is 51.9 Å². The molecule has 0 amide bonds. The largest absolute Gasteiger partial charge is 0.377 e. The molecule has 3 nitrogen and oxygen atoms in total. The van der Waals surface area contributed by atoms with Crippen LogP contribution in [0.5, 0.6) is 0 Å². The molecule has 2 rings (SSSR count).